The van der Waals surface area contributed by atoms with Crippen LogP contribution < -0.4 is 0 Å². The van der Waals surface area contributed by atoms with Crippen molar-refractivity contribution in [3.63, 3.8) is 0 Å². The van der Waals surface area contributed by atoms with E-state index in [0.29, 0.717) is 5.75 Å². The molecule has 6 nitrogen and oxygen atoms in total. The molecule has 0 bridgehead atoms. The van der Waals surface area contributed by atoms with Crippen LogP contribution in [-0.2, 0) is 18.8 Å². The molecule has 3 rings (SSSR count). The average molecular weight is 328 g/mol. The van der Waals surface area contributed by atoms with E-state index in [1.807, 2.05) is 29.0 Å². The predicted molar refractivity (Wildman–Crippen MR) is 92.2 cm³/mol. The highest BCUT2D eigenvalue weighted by atomic mass is 32.2. The number of para-hydroxylation sites is 2. The maximum atomic E-state index is 4.72. The zero-order valence-corrected chi connectivity index (χ0v) is 14.0. The quantitative estimate of drug-likeness (QED) is 0.469. The molecule has 2 heterocycles. The second-order valence-electron chi connectivity index (χ2n) is 5.24. The van der Waals surface area contributed by atoms with E-state index in [9.17, 15) is 0 Å². The Balaban J connectivity index is 1.80. The molecule has 0 aliphatic heterocycles. The van der Waals surface area contributed by atoms with Gasteiger partial charge >= 0.3 is 0 Å². The molecular weight excluding hydrogens is 308 g/mol. The molecule has 0 radical (unpaired) electrons. The summed E-state index contributed by atoms with van der Waals surface area (Å²) in [5, 5.41) is 13.0. The number of thioether (sulfide) groups is 1. The van der Waals surface area contributed by atoms with Crippen LogP contribution in [0.15, 0.2) is 42.1 Å². The van der Waals surface area contributed by atoms with Crippen LogP contribution in [0.4, 0.5) is 0 Å². The third-order valence-corrected chi connectivity index (χ3v) is 4.56. The topological polar surface area (TPSA) is 61.4 Å². The summed E-state index contributed by atoms with van der Waals surface area (Å²) < 4.78 is 4.06. The number of nitrogens with zero attached hydrogens (tertiary/aromatic N) is 6. The highest BCUT2D eigenvalue weighted by Crippen LogP contribution is 2.26. The minimum absolute atomic E-state index is 0.706. The number of unbranched alkanes of at least 4 members (excludes halogenated alkanes) is 1. The molecule has 0 fully saturated rings. The first kappa shape index (κ1) is 15.7. The summed E-state index contributed by atoms with van der Waals surface area (Å²) >= 11 is 1.66. The van der Waals surface area contributed by atoms with E-state index in [0.717, 1.165) is 47.9 Å². The van der Waals surface area contributed by atoms with Crippen molar-refractivity contribution in [1.82, 2.24) is 29.8 Å². The third kappa shape index (κ3) is 3.44. The van der Waals surface area contributed by atoms with Crippen LogP contribution in [0.5, 0.6) is 0 Å². The summed E-state index contributed by atoms with van der Waals surface area (Å²) in [4.78, 5) is 4.72. The highest BCUT2D eigenvalue weighted by Gasteiger charge is 2.12. The van der Waals surface area contributed by atoms with Gasteiger partial charge in [-0.15, -0.1) is 11.7 Å². The minimum Gasteiger partial charge on any atom is -0.315 e. The van der Waals surface area contributed by atoms with Crippen molar-refractivity contribution in [3.05, 3.63) is 42.7 Å². The van der Waals surface area contributed by atoms with E-state index in [1.54, 1.807) is 11.8 Å². The van der Waals surface area contributed by atoms with Gasteiger partial charge in [-0.25, -0.2) is 9.67 Å². The smallest absolute Gasteiger partial charge is 0.169 e. The number of rotatable bonds is 8. The SMILES string of the molecule is C=CCn1c(SCc2nnnn2CCCC)nc2ccccc21. The van der Waals surface area contributed by atoms with Gasteiger partial charge in [-0.3, -0.25) is 0 Å². The van der Waals surface area contributed by atoms with Gasteiger partial charge in [-0.2, -0.15) is 0 Å². The molecule has 120 valence electrons. The van der Waals surface area contributed by atoms with Crippen molar-refractivity contribution in [3.8, 4) is 0 Å². The zero-order chi connectivity index (χ0) is 16.1. The molecule has 0 saturated heterocycles. The van der Waals surface area contributed by atoms with Crippen LogP contribution in [0.1, 0.15) is 25.6 Å². The Morgan fingerprint density at radius 1 is 1.30 bits per heavy atom. The molecule has 7 heteroatoms. The van der Waals surface area contributed by atoms with Gasteiger partial charge in [0.1, 0.15) is 0 Å². The summed E-state index contributed by atoms with van der Waals surface area (Å²) in [6, 6.07) is 8.15. The van der Waals surface area contributed by atoms with Gasteiger partial charge in [0.15, 0.2) is 11.0 Å². The van der Waals surface area contributed by atoms with Gasteiger partial charge in [0, 0.05) is 13.1 Å². The standard InChI is InChI=1S/C16H20N6S/c1-3-5-11-22-15(18-19-20-22)12-23-16-17-13-8-6-7-9-14(13)21(16)10-4-2/h4,6-9H,2-3,5,10-12H2,1H3. The van der Waals surface area contributed by atoms with Crippen molar-refractivity contribution in [2.45, 2.75) is 43.8 Å². The van der Waals surface area contributed by atoms with Crippen LogP contribution in [0.3, 0.4) is 0 Å². The first-order chi connectivity index (χ1) is 11.3. The Kier molecular flexibility index (Phi) is 5.07. The Bertz CT molecular complexity index is 791. The lowest BCUT2D eigenvalue weighted by atomic mass is 10.3. The van der Waals surface area contributed by atoms with Crippen molar-refractivity contribution in [2.24, 2.45) is 0 Å². The molecule has 23 heavy (non-hydrogen) atoms. The normalized spacial score (nSPS) is 11.2. The Hall–Kier alpha value is -2.15. The first-order valence-corrected chi connectivity index (χ1v) is 8.76. The molecule has 0 saturated carbocycles. The lowest BCUT2D eigenvalue weighted by molar-refractivity contribution is 0.540. The fourth-order valence-corrected chi connectivity index (χ4v) is 3.36. The molecule has 0 N–H and O–H groups in total. The summed E-state index contributed by atoms with van der Waals surface area (Å²) in [5.74, 6) is 1.60. The number of hydrogen-bond donors (Lipinski definition) is 0. The Labute approximate surface area is 139 Å². The van der Waals surface area contributed by atoms with Gasteiger partial charge in [0.2, 0.25) is 0 Å². The summed E-state index contributed by atoms with van der Waals surface area (Å²) in [6.07, 6.45) is 4.10. The maximum Gasteiger partial charge on any atom is 0.169 e. The number of hydrogen-bond acceptors (Lipinski definition) is 5. The molecule has 2 aromatic heterocycles. The number of benzene rings is 1. The minimum atomic E-state index is 0.706. The van der Waals surface area contributed by atoms with E-state index in [1.165, 1.54) is 0 Å². The molecule has 3 aromatic rings. The molecule has 0 atom stereocenters. The molecule has 0 spiro atoms. The van der Waals surface area contributed by atoms with Crippen molar-refractivity contribution < 1.29 is 0 Å². The van der Waals surface area contributed by atoms with E-state index in [2.05, 4.69) is 39.7 Å². The van der Waals surface area contributed by atoms with Gasteiger partial charge in [0.05, 0.1) is 16.8 Å². The van der Waals surface area contributed by atoms with Crippen LogP contribution in [-0.4, -0.2) is 29.8 Å². The number of allylic oxidation sites excluding steroid dienone is 1. The van der Waals surface area contributed by atoms with Crippen LogP contribution in [0.25, 0.3) is 11.0 Å². The molecule has 0 amide bonds. The van der Waals surface area contributed by atoms with Crippen molar-refractivity contribution in [2.75, 3.05) is 0 Å². The maximum absolute atomic E-state index is 4.72. The summed E-state index contributed by atoms with van der Waals surface area (Å²) in [5.41, 5.74) is 2.13. The largest absolute Gasteiger partial charge is 0.315 e. The number of aromatic nitrogens is 6. The monoisotopic (exact) mass is 328 g/mol. The van der Waals surface area contributed by atoms with E-state index < -0.39 is 0 Å². The lowest BCUT2D eigenvalue weighted by Crippen LogP contribution is -2.05. The van der Waals surface area contributed by atoms with Crippen LogP contribution in [0.2, 0.25) is 0 Å². The van der Waals surface area contributed by atoms with E-state index >= 15 is 0 Å². The van der Waals surface area contributed by atoms with Gasteiger partial charge in [-0.05, 0) is 29.0 Å². The molecule has 0 aliphatic rings. The average Bonchev–Trinajstić information content (AvgIpc) is 3.16. The fourth-order valence-electron chi connectivity index (χ4n) is 2.41. The first-order valence-electron chi connectivity index (χ1n) is 7.77. The zero-order valence-electron chi connectivity index (χ0n) is 13.2. The third-order valence-electron chi connectivity index (χ3n) is 3.59. The molecule has 0 aliphatic carbocycles. The summed E-state index contributed by atoms with van der Waals surface area (Å²) in [6.45, 7) is 7.61. The van der Waals surface area contributed by atoms with Crippen molar-refractivity contribution >= 4 is 22.8 Å². The van der Waals surface area contributed by atoms with Gasteiger partial charge in [0.25, 0.3) is 0 Å². The van der Waals surface area contributed by atoms with E-state index in [-0.39, 0.29) is 0 Å². The Morgan fingerprint density at radius 2 is 2.17 bits per heavy atom. The molecule has 1 aromatic carbocycles. The summed E-state index contributed by atoms with van der Waals surface area (Å²) in [7, 11) is 0. The predicted octanol–water partition coefficient (Wildman–Crippen LogP) is 3.30. The molecular formula is C16H20N6S. The second kappa shape index (κ2) is 7.41. The molecule has 0 unspecified atom stereocenters. The number of aryl methyl sites for hydroxylation is 1. The fraction of sp³-hybridized carbons (Fsp3) is 0.375. The van der Waals surface area contributed by atoms with Crippen molar-refractivity contribution in [1.29, 1.82) is 0 Å². The Morgan fingerprint density at radius 3 is 3.00 bits per heavy atom. The van der Waals surface area contributed by atoms with Gasteiger partial charge < -0.3 is 4.57 Å². The number of tetrazole rings is 1. The van der Waals surface area contributed by atoms with Gasteiger partial charge in [-0.1, -0.05) is 43.3 Å². The number of fused-ring (bicyclic) bond motifs is 1. The number of imidazole rings is 1. The van der Waals surface area contributed by atoms with Crippen LogP contribution in [0, 0.1) is 0 Å². The van der Waals surface area contributed by atoms with E-state index in [4.69, 9.17) is 4.98 Å². The lowest BCUT2D eigenvalue weighted by Gasteiger charge is -2.06. The second-order valence-corrected chi connectivity index (χ2v) is 6.19. The highest BCUT2D eigenvalue weighted by molar-refractivity contribution is 7.98. The van der Waals surface area contributed by atoms with Crippen LogP contribution >= 0.6 is 11.8 Å².